The Morgan fingerprint density at radius 1 is 1.04 bits per heavy atom. The number of carboxylic acid groups (broad SMARTS) is 1. The highest BCUT2D eigenvalue weighted by atomic mass is 35.5. The molecule has 0 radical (unpaired) electrons. The summed E-state index contributed by atoms with van der Waals surface area (Å²) in [6.07, 6.45) is 0. The predicted octanol–water partition coefficient (Wildman–Crippen LogP) is 2.23. The summed E-state index contributed by atoms with van der Waals surface area (Å²) in [6.45, 7) is 2.65. The average molecular weight is 418 g/mol. The fourth-order valence-corrected chi connectivity index (χ4v) is 5.09. The second-order valence-electron chi connectivity index (χ2n) is 5.57. The molecule has 1 atom stereocenters. The van der Waals surface area contributed by atoms with E-state index in [2.05, 4.69) is 0 Å². The van der Waals surface area contributed by atoms with Gasteiger partial charge < -0.3 is 5.11 Å². The van der Waals surface area contributed by atoms with Crippen molar-refractivity contribution >= 4 is 37.4 Å². The molecule has 2 aromatic carbocycles. The van der Waals surface area contributed by atoms with Crippen molar-refractivity contribution in [3.05, 3.63) is 53.1 Å². The van der Waals surface area contributed by atoms with E-state index in [0.717, 1.165) is 6.07 Å². The van der Waals surface area contributed by atoms with Crippen molar-refractivity contribution in [1.82, 2.24) is 4.72 Å². The fraction of sp³-hybridized carbons (Fsp3) is 0.188. The van der Waals surface area contributed by atoms with Crippen LogP contribution in [0.15, 0.2) is 57.2 Å². The molecule has 0 aromatic heterocycles. The highest BCUT2D eigenvalue weighted by molar-refractivity contribution is 7.91. The van der Waals surface area contributed by atoms with Gasteiger partial charge in [-0.05, 0) is 55.8 Å². The zero-order chi connectivity index (χ0) is 19.7. The van der Waals surface area contributed by atoms with Gasteiger partial charge in [0, 0.05) is 5.02 Å². The van der Waals surface area contributed by atoms with Crippen LogP contribution in [-0.2, 0) is 24.7 Å². The van der Waals surface area contributed by atoms with Gasteiger partial charge in [-0.1, -0.05) is 17.7 Å². The molecule has 10 heteroatoms. The van der Waals surface area contributed by atoms with Gasteiger partial charge in [0.1, 0.15) is 6.04 Å². The molecule has 0 bridgehead atoms. The Kier molecular flexibility index (Phi) is 5.76. The van der Waals surface area contributed by atoms with Gasteiger partial charge in [0.25, 0.3) is 0 Å². The molecule has 0 heterocycles. The summed E-state index contributed by atoms with van der Waals surface area (Å²) in [5.41, 5.74) is 0.283. The lowest BCUT2D eigenvalue weighted by Crippen LogP contribution is -2.38. The molecule has 0 spiro atoms. The van der Waals surface area contributed by atoms with Crippen molar-refractivity contribution in [2.75, 3.05) is 0 Å². The number of halogens is 1. The Balaban J connectivity index is 2.53. The summed E-state index contributed by atoms with van der Waals surface area (Å²) in [6, 6.07) is 7.74. The normalized spacial score (nSPS) is 13.3. The molecule has 0 saturated heterocycles. The number of rotatable bonds is 6. The van der Waals surface area contributed by atoms with E-state index in [1.165, 1.54) is 50.2 Å². The third kappa shape index (κ3) is 4.24. The molecule has 0 aliphatic rings. The second kappa shape index (κ2) is 7.36. The molecule has 0 aliphatic heterocycles. The van der Waals surface area contributed by atoms with Crippen molar-refractivity contribution in [2.45, 2.75) is 34.6 Å². The van der Waals surface area contributed by atoms with E-state index >= 15 is 0 Å². The molecule has 0 fully saturated rings. The van der Waals surface area contributed by atoms with E-state index in [9.17, 15) is 21.6 Å². The first kappa shape index (κ1) is 20.4. The standard InChI is InChI=1S/C16H16ClNO6S2/c1-10-3-6-14(25(21,22)13-7-4-12(17)5-8-13)9-15(10)26(23,24)18-11(2)16(19)20/h3-9,11,18H,1-2H3,(H,19,20)/t11-/m1/s1. The van der Waals surface area contributed by atoms with Crippen LogP contribution in [0.2, 0.25) is 5.02 Å². The number of aryl methyl sites for hydroxylation is 1. The first-order valence-corrected chi connectivity index (χ1v) is 10.7. The van der Waals surface area contributed by atoms with Crippen molar-refractivity contribution in [3.8, 4) is 0 Å². The Morgan fingerprint density at radius 2 is 1.58 bits per heavy atom. The molecule has 140 valence electrons. The second-order valence-corrected chi connectivity index (χ2v) is 9.63. The smallest absolute Gasteiger partial charge is 0.321 e. The first-order chi connectivity index (χ1) is 11.9. The first-order valence-electron chi connectivity index (χ1n) is 7.31. The molecule has 2 aromatic rings. The third-order valence-electron chi connectivity index (χ3n) is 3.59. The molecule has 0 saturated carbocycles. The summed E-state index contributed by atoms with van der Waals surface area (Å²) in [7, 11) is -8.19. The van der Waals surface area contributed by atoms with Gasteiger partial charge in [-0.3, -0.25) is 4.79 Å². The Bertz CT molecular complexity index is 1050. The minimum absolute atomic E-state index is 0.0408. The molecular weight excluding hydrogens is 402 g/mol. The molecule has 0 aliphatic carbocycles. The van der Waals surface area contributed by atoms with E-state index in [4.69, 9.17) is 16.7 Å². The maximum Gasteiger partial charge on any atom is 0.321 e. The summed E-state index contributed by atoms with van der Waals surface area (Å²) in [4.78, 5) is 10.3. The Hall–Kier alpha value is -1.94. The summed E-state index contributed by atoms with van der Waals surface area (Å²) in [5.74, 6) is -1.35. The molecule has 0 amide bonds. The largest absolute Gasteiger partial charge is 0.480 e. The van der Waals surface area contributed by atoms with E-state index in [0.29, 0.717) is 5.02 Å². The van der Waals surface area contributed by atoms with Gasteiger partial charge in [-0.25, -0.2) is 16.8 Å². The maximum absolute atomic E-state index is 12.7. The van der Waals surface area contributed by atoms with E-state index in [1.54, 1.807) is 0 Å². The lowest BCUT2D eigenvalue weighted by atomic mass is 10.2. The quantitative estimate of drug-likeness (QED) is 0.744. The number of sulfone groups is 1. The Morgan fingerprint density at radius 3 is 2.12 bits per heavy atom. The van der Waals surface area contributed by atoms with Crippen molar-refractivity contribution in [2.24, 2.45) is 0 Å². The van der Waals surface area contributed by atoms with Crippen LogP contribution >= 0.6 is 11.6 Å². The van der Waals surface area contributed by atoms with Crippen LogP contribution in [0.4, 0.5) is 0 Å². The van der Waals surface area contributed by atoms with E-state index in [-0.39, 0.29) is 20.2 Å². The zero-order valence-corrected chi connectivity index (χ0v) is 16.2. The molecule has 26 heavy (non-hydrogen) atoms. The lowest BCUT2D eigenvalue weighted by molar-refractivity contribution is -0.138. The monoisotopic (exact) mass is 417 g/mol. The van der Waals surface area contributed by atoms with Crippen LogP contribution in [0.25, 0.3) is 0 Å². The van der Waals surface area contributed by atoms with E-state index in [1.807, 2.05) is 4.72 Å². The summed E-state index contributed by atoms with van der Waals surface area (Å²) >= 11 is 5.76. The van der Waals surface area contributed by atoms with Crippen LogP contribution in [0.5, 0.6) is 0 Å². The van der Waals surface area contributed by atoms with Crippen LogP contribution in [0, 0.1) is 6.92 Å². The molecule has 7 nitrogen and oxygen atoms in total. The minimum atomic E-state index is -4.22. The topological polar surface area (TPSA) is 118 Å². The molecule has 2 rings (SSSR count). The van der Waals surface area contributed by atoms with Crippen LogP contribution < -0.4 is 4.72 Å². The predicted molar refractivity (Wildman–Crippen MR) is 95.5 cm³/mol. The van der Waals surface area contributed by atoms with Gasteiger partial charge >= 0.3 is 5.97 Å². The number of aliphatic carboxylic acids is 1. The van der Waals surface area contributed by atoms with Crippen molar-refractivity contribution in [3.63, 3.8) is 0 Å². The van der Waals surface area contributed by atoms with E-state index < -0.39 is 31.9 Å². The van der Waals surface area contributed by atoms with Gasteiger partial charge in [-0.15, -0.1) is 0 Å². The third-order valence-corrected chi connectivity index (χ3v) is 7.29. The summed E-state index contributed by atoms with van der Waals surface area (Å²) in [5, 5.41) is 9.25. The van der Waals surface area contributed by atoms with Gasteiger partial charge in [-0.2, -0.15) is 4.72 Å². The zero-order valence-electron chi connectivity index (χ0n) is 13.8. The number of hydrogen-bond donors (Lipinski definition) is 2. The molecular formula is C16H16ClNO6S2. The number of benzene rings is 2. The molecule has 2 N–H and O–H groups in total. The number of sulfonamides is 1. The highest BCUT2D eigenvalue weighted by Crippen LogP contribution is 2.26. The van der Waals surface area contributed by atoms with Crippen molar-refractivity contribution in [1.29, 1.82) is 0 Å². The van der Waals surface area contributed by atoms with Crippen LogP contribution in [0.1, 0.15) is 12.5 Å². The SMILES string of the molecule is Cc1ccc(S(=O)(=O)c2ccc(Cl)cc2)cc1S(=O)(=O)N[C@H](C)C(=O)O. The van der Waals surface area contributed by atoms with Gasteiger partial charge in [0.2, 0.25) is 19.9 Å². The van der Waals surface area contributed by atoms with Crippen LogP contribution in [0.3, 0.4) is 0 Å². The minimum Gasteiger partial charge on any atom is -0.480 e. The lowest BCUT2D eigenvalue weighted by Gasteiger charge is -2.14. The summed E-state index contributed by atoms with van der Waals surface area (Å²) < 4.78 is 52.3. The highest BCUT2D eigenvalue weighted by Gasteiger charge is 2.26. The number of hydrogen-bond acceptors (Lipinski definition) is 5. The van der Waals surface area contributed by atoms with Crippen molar-refractivity contribution < 1.29 is 26.7 Å². The average Bonchev–Trinajstić information content (AvgIpc) is 2.54. The maximum atomic E-state index is 12.7. The fourth-order valence-electron chi connectivity index (χ4n) is 2.13. The number of nitrogens with one attached hydrogen (secondary N) is 1. The van der Waals surface area contributed by atoms with Gasteiger partial charge in [0.15, 0.2) is 0 Å². The molecule has 0 unspecified atom stereocenters. The number of carbonyl (C=O) groups is 1. The van der Waals surface area contributed by atoms with Crippen LogP contribution in [-0.4, -0.2) is 34.0 Å². The Labute approximate surface area is 156 Å². The number of carboxylic acids is 1. The van der Waals surface area contributed by atoms with Gasteiger partial charge in [0.05, 0.1) is 14.7 Å².